The number of hydrogen-bond donors (Lipinski definition) is 1. The minimum absolute atomic E-state index is 0.132. The van der Waals surface area contributed by atoms with E-state index in [9.17, 15) is 4.79 Å². The van der Waals surface area contributed by atoms with Gasteiger partial charge in [-0.15, -0.1) is 0 Å². The molecule has 4 aromatic rings. The Labute approximate surface area is 167 Å². The molecule has 136 valence electrons. The number of benzene rings is 3. The molecule has 0 atom stereocenters. The molecule has 1 aromatic heterocycles. The zero-order valence-electron chi connectivity index (χ0n) is 14.9. The van der Waals surface area contributed by atoms with Crippen molar-refractivity contribution < 1.29 is 4.79 Å². The Morgan fingerprint density at radius 2 is 1.36 bits per heavy atom. The fourth-order valence-corrected chi connectivity index (χ4v) is 3.29. The Morgan fingerprint density at radius 1 is 0.750 bits per heavy atom. The quantitative estimate of drug-likeness (QED) is 0.352. The van der Waals surface area contributed by atoms with Gasteiger partial charge in [-0.25, -0.2) is 9.97 Å². The average Bonchev–Trinajstić information content (AvgIpc) is 2.79. The van der Waals surface area contributed by atoms with Gasteiger partial charge in [0.25, 0.3) is 0 Å². The first kappa shape index (κ1) is 17.9. The van der Waals surface area contributed by atoms with E-state index in [1.807, 2.05) is 78.9 Å². The Balaban J connectivity index is 1.70. The van der Waals surface area contributed by atoms with E-state index in [2.05, 4.69) is 14.7 Å². The molecule has 1 N–H and O–H groups in total. The van der Waals surface area contributed by atoms with E-state index in [1.54, 1.807) is 18.2 Å². The highest BCUT2D eigenvalue weighted by Crippen LogP contribution is 2.24. The third-order valence-corrected chi connectivity index (χ3v) is 4.86. The van der Waals surface area contributed by atoms with Gasteiger partial charge in [0.05, 0.1) is 5.69 Å². The molecule has 4 rings (SSSR count). The van der Waals surface area contributed by atoms with Crippen LogP contribution in [0.1, 0.15) is 16.1 Å². The summed E-state index contributed by atoms with van der Waals surface area (Å²) in [5.74, 6) is 0.266. The van der Waals surface area contributed by atoms with Gasteiger partial charge in [-0.05, 0) is 30.1 Å². The van der Waals surface area contributed by atoms with Crippen LogP contribution in [0.3, 0.4) is 0 Å². The summed E-state index contributed by atoms with van der Waals surface area (Å²) in [5.41, 5.74) is 2.59. The third kappa shape index (κ3) is 4.27. The highest BCUT2D eigenvalue weighted by molar-refractivity contribution is 8.00. The zero-order valence-corrected chi connectivity index (χ0v) is 15.8. The van der Waals surface area contributed by atoms with E-state index in [0.717, 1.165) is 10.5 Å². The summed E-state index contributed by atoms with van der Waals surface area (Å²) >= 11 is 1.41. The molecule has 0 aliphatic carbocycles. The molecular formula is C23H17N3OS. The highest BCUT2D eigenvalue weighted by Gasteiger charge is 2.15. The van der Waals surface area contributed by atoms with Crippen molar-refractivity contribution in [2.75, 3.05) is 4.72 Å². The summed E-state index contributed by atoms with van der Waals surface area (Å²) in [4.78, 5) is 23.0. The molecule has 0 saturated carbocycles. The lowest BCUT2D eigenvalue weighted by Gasteiger charge is -2.09. The maximum absolute atomic E-state index is 12.9. The zero-order chi connectivity index (χ0) is 19.2. The number of ketones is 1. The van der Waals surface area contributed by atoms with Crippen molar-refractivity contribution in [1.29, 1.82) is 0 Å². The molecule has 3 aromatic carbocycles. The monoisotopic (exact) mass is 383 g/mol. The normalized spacial score (nSPS) is 10.4. The van der Waals surface area contributed by atoms with E-state index in [0.29, 0.717) is 22.9 Å². The second kappa shape index (κ2) is 8.50. The number of hydrogen-bond acceptors (Lipinski definition) is 5. The maximum atomic E-state index is 12.9. The molecule has 0 fully saturated rings. The van der Waals surface area contributed by atoms with Crippen LogP contribution < -0.4 is 4.72 Å². The summed E-state index contributed by atoms with van der Waals surface area (Å²) in [7, 11) is 0. The lowest BCUT2D eigenvalue weighted by Crippen LogP contribution is -2.08. The smallest absolute Gasteiger partial charge is 0.234 e. The number of carbonyl (C=O) groups excluding carboxylic acids is 1. The van der Waals surface area contributed by atoms with Crippen molar-refractivity contribution in [3.8, 4) is 11.3 Å². The van der Waals surface area contributed by atoms with E-state index in [1.165, 1.54) is 11.9 Å². The maximum Gasteiger partial charge on any atom is 0.234 e. The predicted molar refractivity (Wildman–Crippen MR) is 113 cm³/mol. The van der Waals surface area contributed by atoms with Gasteiger partial charge in [-0.3, -0.25) is 9.52 Å². The third-order valence-electron chi connectivity index (χ3n) is 4.07. The topological polar surface area (TPSA) is 54.9 Å². The fourth-order valence-electron chi connectivity index (χ4n) is 2.70. The van der Waals surface area contributed by atoms with Crippen molar-refractivity contribution >= 4 is 23.7 Å². The van der Waals surface area contributed by atoms with Gasteiger partial charge in [0.2, 0.25) is 11.7 Å². The molecule has 0 saturated heterocycles. The van der Waals surface area contributed by atoms with E-state index in [-0.39, 0.29) is 5.78 Å². The van der Waals surface area contributed by atoms with Crippen LogP contribution in [0.2, 0.25) is 0 Å². The molecule has 0 spiro atoms. The van der Waals surface area contributed by atoms with Crippen molar-refractivity contribution in [1.82, 2.24) is 9.97 Å². The minimum atomic E-state index is -0.132. The molecule has 0 bridgehead atoms. The first-order valence-electron chi connectivity index (χ1n) is 8.82. The molecule has 5 heteroatoms. The van der Waals surface area contributed by atoms with Crippen LogP contribution in [0.25, 0.3) is 11.3 Å². The van der Waals surface area contributed by atoms with Crippen molar-refractivity contribution in [2.24, 2.45) is 0 Å². The number of aromatic nitrogens is 2. The Kier molecular flexibility index (Phi) is 5.45. The lowest BCUT2D eigenvalue weighted by molar-refractivity contribution is 0.103. The van der Waals surface area contributed by atoms with Gasteiger partial charge in [-0.1, -0.05) is 78.9 Å². The molecule has 0 amide bonds. The molecule has 4 nitrogen and oxygen atoms in total. The van der Waals surface area contributed by atoms with E-state index >= 15 is 0 Å². The largest absolute Gasteiger partial charge is 0.294 e. The second-order valence-electron chi connectivity index (χ2n) is 6.04. The average molecular weight is 383 g/mol. The van der Waals surface area contributed by atoms with Crippen molar-refractivity contribution in [2.45, 2.75) is 4.90 Å². The molecule has 0 radical (unpaired) electrons. The molecule has 0 unspecified atom stereocenters. The van der Waals surface area contributed by atoms with Gasteiger partial charge in [-0.2, -0.15) is 0 Å². The Hall–Kier alpha value is -3.44. The van der Waals surface area contributed by atoms with Gasteiger partial charge in [0.15, 0.2) is 0 Å². The number of nitrogens with zero attached hydrogens (tertiary/aromatic N) is 2. The van der Waals surface area contributed by atoms with Crippen LogP contribution in [0, 0.1) is 0 Å². The second-order valence-corrected chi connectivity index (χ2v) is 6.92. The number of nitrogens with one attached hydrogen (secondary N) is 1. The predicted octanol–water partition coefficient (Wildman–Crippen LogP) is 5.49. The van der Waals surface area contributed by atoms with Gasteiger partial charge < -0.3 is 0 Å². The van der Waals surface area contributed by atoms with Gasteiger partial charge >= 0.3 is 0 Å². The standard InChI is InChI=1S/C23H17N3OS/c27-22(18-12-6-2-7-13-18)21-16-20(17-10-4-1-5-11-17)24-23(25-21)26-28-19-14-8-3-9-15-19/h1-16H,(H,24,25,26). The fraction of sp³-hybridized carbons (Fsp3) is 0. The summed E-state index contributed by atoms with van der Waals surface area (Å²) in [6.07, 6.45) is 0. The number of rotatable bonds is 6. The Bertz CT molecular complexity index is 1070. The summed E-state index contributed by atoms with van der Waals surface area (Å²) in [5, 5.41) is 0. The summed E-state index contributed by atoms with van der Waals surface area (Å²) in [6, 6.07) is 30.6. The number of anilines is 1. The Morgan fingerprint density at radius 3 is 2.04 bits per heavy atom. The van der Waals surface area contributed by atoms with Crippen LogP contribution >= 0.6 is 11.9 Å². The molecule has 0 aliphatic rings. The molecule has 0 aliphatic heterocycles. The summed E-state index contributed by atoms with van der Waals surface area (Å²) in [6.45, 7) is 0. The summed E-state index contributed by atoms with van der Waals surface area (Å²) < 4.78 is 3.16. The lowest BCUT2D eigenvalue weighted by atomic mass is 10.1. The van der Waals surface area contributed by atoms with Gasteiger partial charge in [0.1, 0.15) is 5.69 Å². The van der Waals surface area contributed by atoms with E-state index in [4.69, 9.17) is 0 Å². The molecule has 28 heavy (non-hydrogen) atoms. The number of carbonyl (C=O) groups is 1. The SMILES string of the molecule is O=C(c1ccccc1)c1cc(-c2ccccc2)nc(NSc2ccccc2)n1. The highest BCUT2D eigenvalue weighted by atomic mass is 32.2. The van der Waals surface area contributed by atoms with Crippen molar-refractivity contribution in [3.05, 3.63) is 108 Å². The van der Waals surface area contributed by atoms with Crippen LogP contribution in [-0.2, 0) is 0 Å². The van der Waals surface area contributed by atoms with Crippen LogP contribution in [0.5, 0.6) is 0 Å². The van der Waals surface area contributed by atoms with Crippen molar-refractivity contribution in [3.63, 3.8) is 0 Å². The van der Waals surface area contributed by atoms with Crippen LogP contribution in [0.15, 0.2) is 102 Å². The molecule has 1 heterocycles. The minimum Gasteiger partial charge on any atom is -0.294 e. The van der Waals surface area contributed by atoms with Gasteiger partial charge in [0, 0.05) is 16.0 Å². The van der Waals surface area contributed by atoms with Crippen LogP contribution in [-0.4, -0.2) is 15.8 Å². The van der Waals surface area contributed by atoms with Crippen LogP contribution in [0.4, 0.5) is 5.95 Å². The van der Waals surface area contributed by atoms with E-state index < -0.39 is 0 Å². The molecular weight excluding hydrogens is 366 g/mol. The first-order chi connectivity index (χ1) is 13.8. The first-order valence-corrected chi connectivity index (χ1v) is 9.63.